The van der Waals surface area contributed by atoms with E-state index in [-0.39, 0.29) is 12.2 Å². The van der Waals surface area contributed by atoms with Gasteiger partial charge in [0.15, 0.2) is 0 Å². The molecule has 0 spiro atoms. The molecule has 0 amide bonds. The second-order valence-corrected chi connectivity index (χ2v) is 7.00. The van der Waals surface area contributed by atoms with Crippen molar-refractivity contribution in [3.63, 3.8) is 0 Å². The first kappa shape index (κ1) is 16.5. The van der Waals surface area contributed by atoms with Crippen molar-refractivity contribution in [3.05, 3.63) is 35.4 Å². The smallest absolute Gasteiger partial charge is 0.0700 e. The minimum Gasteiger partial charge on any atom is -0.395 e. The summed E-state index contributed by atoms with van der Waals surface area (Å²) in [6.45, 7) is 3.09. The lowest BCUT2D eigenvalue weighted by Crippen LogP contribution is -2.52. The molecule has 1 aromatic rings. The molecule has 1 saturated heterocycles. The van der Waals surface area contributed by atoms with Crippen LogP contribution in [0.1, 0.15) is 49.7 Å². The van der Waals surface area contributed by atoms with E-state index in [0.29, 0.717) is 12.3 Å². The molecule has 0 aromatic heterocycles. The van der Waals surface area contributed by atoms with E-state index in [2.05, 4.69) is 41.0 Å². The van der Waals surface area contributed by atoms with Crippen molar-refractivity contribution in [1.29, 1.82) is 0 Å². The summed E-state index contributed by atoms with van der Waals surface area (Å²) < 4.78 is 0. The van der Waals surface area contributed by atoms with Crippen molar-refractivity contribution in [3.8, 4) is 11.8 Å². The maximum Gasteiger partial charge on any atom is 0.0700 e. The minimum atomic E-state index is -0.388. The van der Waals surface area contributed by atoms with Gasteiger partial charge in [0, 0.05) is 37.5 Å². The Morgan fingerprint density at radius 1 is 1.17 bits per heavy atom. The van der Waals surface area contributed by atoms with Crippen LogP contribution < -0.4 is 0 Å². The summed E-state index contributed by atoms with van der Waals surface area (Å²) in [5, 5.41) is 19.5. The zero-order valence-electron chi connectivity index (χ0n) is 13.8. The Morgan fingerprint density at radius 2 is 2.00 bits per heavy atom. The van der Waals surface area contributed by atoms with E-state index in [1.807, 2.05) is 0 Å². The van der Waals surface area contributed by atoms with E-state index in [1.54, 1.807) is 0 Å². The van der Waals surface area contributed by atoms with Gasteiger partial charge >= 0.3 is 0 Å². The number of hydrogen-bond acceptors (Lipinski definition) is 3. The summed E-state index contributed by atoms with van der Waals surface area (Å²) in [5.74, 6) is 6.46. The van der Waals surface area contributed by atoms with Crippen molar-refractivity contribution in [2.45, 2.75) is 50.7 Å². The van der Waals surface area contributed by atoms with Gasteiger partial charge in [-0.05, 0) is 37.0 Å². The van der Waals surface area contributed by atoms with Crippen molar-refractivity contribution in [2.24, 2.45) is 5.92 Å². The normalized spacial score (nSPS) is 27.8. The third-order valence-corrected chi connectivity index (χ3v) is 5.34. The number of fused-ring (bicyclic) bond motifs is 1. The van der Waals surface area contributed by atoms with Crippen molar-refractivity contribution in [1.82, 2.24) is 4.90 Å². The maximum atomic E-state index is 10.8. The average molecular weight is 313 g/mol. The number of rotatable bonds is 3. The second kappa shape index (κ2) is 7.49. The second-order valence-electron chi connectivity index (χ2n) is 7.00. The lowest BCUT2D eigenvalue weighted by atomic mass is 9.71. The molecule has 23 heavy (non-hydrogen) atoms. The van der Waals surface area contributed by atoms with Gasteiger partial charge < -0.3 is 10.2 Å². The molecule has 1 saturated carbocycles. The van der Waals surface area contributed by atoms with Gasteiger partial charge in [0.2, 0.25) is 0 Å². The van der Waals surface area contributed by atoms with E-state index in [9.17, 15) is 5.11 Å². The van der Waals surface area contributed by atoms with Crippen LogP contribution in [-0.2, 0) is 6.54 Å². The first-order valence-electron chi connectivity index (χ1n) is 8.83. The zero-order valence-corrected chi connectivity index (χ0v) is 13.8. The van der Waals surface area contributed by atoms with Gasteiger partial charge in [-0.15, -0.1) is 0 Å². The Morgan fingerprint density at radius 3 is 2.78 bits per heavy atom. The molecule has 124 valence electrons. The fraction of sp³-hybridized carbons (Fsp3) is 0.600. The number of aliphatic hydroxyl groups is 2. The lowest BCUT2D eigenvalue weighted by Gasteiger charge is -2.47. The largest absolute Gasteiger partial charge is 0.395 e. The van der Waals surface area contributed by atoms with Crippen LogP contribution in [0.25, 0.3) is 0 Å². The predicted molar refractivity (Wildman–Crippen MR) is 91.8 cm³/mol. The molecule has 3 rings (SSSR count). The van der Waals surface area contributed by atoms with E-state index in [0.717, 1.165) is 38.0 Å². The Kier molecular flexibility index (Phi) is 5.38. The summed E-state index contributed by atoms with van der Waals surface area (Å²) in [6, 6.07) is 8.40. The topological polar surface area (TPSA) is 43.7 Å². The third kappa shape index (κ3) is 4.14. The number of aliphatic hydroxyl groups excluding tert-OH is 1. The van der Waals surface area contributed by atoms with Gasteiger partial charge in [0.1, 0.15) is 0 Å². The molecule has 2 aliphatic rings. The van der Waals surface area contributed by atoms with Crippen LogP contribution in [0.3, 0.4) is 0 Å². The molecule has 0 bridgehead atoms. The molecule has 3 heteroatoms. The molecule has 0 unspecified atom stereocenters. The van der Waals surface area contributed by atoms with Gasteiger partial charge in [-0.25, -0.2) is 0 Å². The highest BCUT2D eigenvalue weighted by Gasteiger charge is 2.42. The molecule has 2 N–H and O–H groups in total. The molecule has 2 atom stereocenters. The Balaban J connectivity index is 1.57. The van der Waals surface area contributed by atoms with Crippen LogP contribution in [0, 0.1) is 17.8 Å². The SMILES string of the molecule is OCCC#Cc1ccc(CN2CC[C@@]3(O)CCCC[C@H]3C2)cc1. The number of benzene rings is 1. The summed E-state index contributed by atoms with van der Waals surface area (Å²) in [7, 11) is 0. The average Bonchev–Trinajstić information content (AvgIpc) is 2.57. The van der Waals surface area contributed by atoms with Gasteiger partial charge in [0.05, 0.1) is 12.2 Å². The van der Waals surface area contributed by atoms with Crippen LogP contribution in [0.5, 0.6) is 0 Å². The quantitative estimate of drug-likeness (QED) is 0.843. The fourth-order valence-electron chi connectivity index (χ4n) is 3.96. The highest BCUT2D eigenvalue weighted by atomic mass is 16.3. The summed E-state index contributed by atoms with van der Waals surface area (Å²) in [6.07, 6.45) is 6.06. The van der Waals surface area contributed by atoms with Crippen LogP contribution in [-0.4, -0.2) is 40.4 Å². The number of nitrogens with zero attached hydrogens (tertiary/aromatic N) is 1. The fourth-order valence-corrected chi connectivity index (χ4v) is 3.96. The highest BCUT2D eigenvalue weighted by molar-refractivity contribution is 5.36. The zero-order chi connectivity index (χ0) is 16.1. The van der Waals surface area contributed by atoms with Crippen molar-refractivity contribution >= 4 is 0 Å². The Hall–Kier alpha value is -1.34. The van der Waals surface area contributed by atoms with Crippen molar-refractivity contribution < 1.29 is 10.2 Å². The summed E-state index contributed by atoms with van der Waals surface area (Å²) in [4.78, 5) is 2.48. The van der Waals surface area contributed by atoms with Crippen LogP contribution in [0.2, 0.25) is 0 Å². The van der Waals surface area contributed by atoms with Crippen LogP contribution in [0.15, 0.2) is 24.3 Å². The number of likely N-dealkylation sites (tertiary alicyclic amines) is 1. The van der Waals surface area contributed by atoms with Crippen molar-refractivity contribution in [2.75, 3.05) is 19.7 Å². The minimum absolute atomic E-state index is 0.119. The highest BCUT2D eigenvalue weighted by Crippen LogP contribution is 2.39. The van der Waals surface area contributed by atoms with Gasteiger partial charge in [-0.1, -0.05) is 36.8 Å². The lowest BCUT2D eigenvalue weighted by molar-refractivity contribution is -0.0967. The number of piperidine rings is 1. The van der Waals surface area contributed by atoms with E-state index >= 15 is 0 Å². The molecule has 0 radical (unpaired) electrons. The third-order valence-electron chi connectivity index (χ3n) is 5.34. The molecular formula is C20H27NO2. The van der Waals surface area contributed by atoms with Gasteiger partial charge in [-0.2, -0.15) is 0 Å². The first-order chi connectivity index (χ1) is 11.2. The molecule has 1 aromatic carbocycles. The van der Waals surface area contributed by atoms with Crippen LogP contribution in [0.4, 0.5) is 0 Å². The molecular weight excluding hydrogens is 286 g/mol. The molecule has 3 nitrogen and oxygen atoms in total. The van der Waals surface area contributed by atoms with E-state index in [4.69, 9.17) is 5.11 Å². The summed E-state index contributed by atoms with van der Waals surface area (Å²) in [5.41, 5.74) is 1.92. The molecule has 1 aliphatic heterocycles. The molecule has 1 heterocycles. The molecule has 2 fully saturated rings. The Labute approximate surface area is 139 Å². The van der Waals surface area contributed by atoms with Gasteiger partial charge in [-0.3, -0.25) is 4.90 Å². The maximum absolute atomic E-state index is 10.8. The van der Waals surface area contributed by atoms with E-state index < -0.39 is 0 Å². The Bertz CT molecular complexity index is 572. The monoisotopic (exact) mass is 313 g/mol. The summed E-state index contributed by atoms with van der Waals surface area (Å²) >= 11 is 0. The van der Waals surface area contributed by atoms with E-state index in [1.165, 1.54) is 24.8 Å². The predicted octanol–water partition coefficient (Wildman–Crippen LogP) is 2.55. The number of hydrogen-bond donors (Lipinski definition) is 2. The van der Waals surface area contributed by atoms with Gasteiger partial charge in [0.25, 0.3) is 0 Å². The molecule has 1 aliphatic carbocycles. The standard InChI is InChI=1S/C20H27NO2/c22-14-4-2-5-17-7-9-18(10-8-17)15-21-13-12-20(23)11-3-1-6-19(20)16-21/h7-10,19,22-23H,1,3-4,6,11-16H2/t19-,20-/m0/s1. The first-order valence-corrected chi connectivity index (χ1v) is 8.83. The van der Waals surface area contributed by atoms with Crippen LogP contribution >= 0.6 is 0 Å².